The molecule has 3 atom stereocenters. The Bertz CT molecular complexity index is 367. The largest absolute Gasteiger partial charge is 0.332 e. The number of hydrogen-bond donors (Lipinski definition) is 2. The van der Waals surface area contributed by atoms with Gasteiger partial charge in [-0.15, -0.1) is 0 Å². The molecule has 0 fully saturated rings. The Morgan fingerprint density at radius 2 is 1.89 bits per heavy atom. The Labute approximate surface area is 111 Å². The molecule has 2 N–H and O–H groups in total. The summed E-state index contributed by atoms with van der Waals surface area (Å²) in [5.41, 5.74) is 1.69. The van der Waals surface area contributed by atoms with Gasteiger partial charge in [-0.2, -0.15) is 0 Å². The van der Waals surface area contributed by atoms with E-state index in [-0.39, 0.29) is 0 Å². The topological polar surface area (TPSA) is 57.5 Å². The first-order valence-corrected chi connectivity index (χ1v) is 8.66. The second-order valence-corrected chi connectivity index (χ2v) is 7.63. The predicted octanol–water partition coefficient (Wildman–Crippen LogP) is 3.96. The van der Waals surface area contributed by atoms with Gasteiger partial charge in [0.1, 0.15) is 0 Å². The van der Waals surface area contributed by atoms with Crippen LogP contribution in [0.4, 0.5) is 0 Å². The fraction of sp³-hybridized carbons (Fsp3) is 0.857. The lowest BCUT2D eigenvalue weighted by Gasteiger charge is -2.41. The molecule has 3 nitrogen and oxygen atoms in total. The summed E-state index contributed by atoms with van der Waals surface area (Å²) in [6.45, 7) is 10.5. The molecule has 0 amide bonds. The van der Waals surface area contributed by atoms with Gasteiger partial charge in [-0.1, -0.05) is 38.8 Å². The quantitative estimate of drug-likeness (QED) is 0.602. The van der Waals surface area contributed by atoms with E-state index in [0.29, 0.717) is 24.2 Å². The van der Waals surface area contributed by atoms with Crippen LogP contribution in [0, 0.1) is 17.8 Å². The Morgan fingerprint density at radius 1 is 1.33 bits per heavy atom. The number of hydrogen-bond acceptors (Lipinski definition) is 1. The lowest BCUT2D eigenvalue weighted by molar-refractivity contribution is 0.232. The van der Waals surface area contributed by atoms with Crippen molar-refractivity contribution in [3.05, 3.63) is 11.1 Å². The predicted molar refractivity (Wildman–Crippen MR) is 75.5 cm³/mol. The monoisotopic (exact) mass is 274 g/mol. The van der Waals surface area contributed by atoms with E-state index in [1.165, 1.54) is 5.57 Å². The molecule has 0 saturated heterocycles. The first-order chi connectivity index (χ1) is 8.23. The molecule has 0 spiro atoms. The summed E-state index contributed by atoms with van der Waals surface area (Å²) < 4.78 is 11.7. The maximum Gasteiger partial charge on any atom is 0.332 e. The van der Waals surface area contributed by atoms with Gasteiger partial charge in [-0.3, -0.25) is 4.57 Å². The summed E-state index contributed by atoms with van der Waals surface area (Å²) in [5, 5.41) is 0. The Balaban J connectivity index is 3.25. The van der Waals surface area contributed by atoms with E-state index in [0.717, 1.165) is 18.4 Å². The van der Waals surface area contributed by atoms with Gasteiger partial charge in [0, 0.05) is 0 Å². The zero-order valence-electron chi connectivity index (χ0n) is 12.2. The van der Waals surface area contributed by atoms with Crippen LogP contribution in [0.25, 0.3) is 0 Å². The molecule has 0 heterocycles. The smallest absolute Gasteiger partial charge is 0.324 e. The molecule has 1 aliphatic carbocycles. The average molecular weight is 274 g/mol. The molecule has 0 saturated carbocycles. The Morgan fingerprint density at radius 3 is 2.22 bits per heavy atom. The molecule has 106 valence electrons. The zero-order valence-corrected chi connectivity index (χ0v) is 13.1. The molecular weight excluding hydrogens is 247 g/mol. The van der Waals surface area contributed by atoms with Gasteiger partial charge in [0.05, 0.1) is 5.66 Å². The van der Waals surface area contributed by atoms with Gasteiger partial charge in [-0.05, 0) is 43.9 Å². The van der Waals surface area contributed by atoms with Gasteiger partial charge in [0.15, 0.2) is 0 Å². The molecule has 1 aliphatic rings. The second kappa shape index (κ2) is 5.90. The average Bonchev–Trinajstić information content (AvgIpc) is 2.25. The van der Waals surface area contributed by atoms with Crippen LogP contribution in [-0.2, 0) is 4.57 Å². The highest BCUT2D eigenvalue weighted by molar-refractivity contribution is 7.52. The van der Waals surface area contributed by atoms with Crippen LogP contribution in [0.1, 0.15) is 53.9 Å². The van der Waals surface area contributed by atoms with E-state index in [1.807, 2.05) is 6.92 Å². The fourth-order valence-electron chi connectivity index (χ4n) is 3.58. The highest BCUT2D eigenvalue weighted by Gasteiger charge is 2.41. The molecule has 0 aliphatic heterocycles. The van der Waals surface area contributed by atoms with Gasteiger partial charge in [0.2, 0.25) is 0 Å². The van der Waals surface area contributed by atoms with Crippen molar-refractivity contribution in [1.82, 2.24) is 0 Å². The van der Waals surface area contributed by atoms with E-state index in [4.69, 9.17) is 0 Å². The maximum atomic E-state index is 11.7. The third-order valence-electron chi connectivity index (χ3n) is 4.55. The Kier molecular flexibility index (Phi) is 5.22. The summed E-state index contributed by atoms with van der Waals surface area (Å²) in [7, 11) is -4.02. The maximum absolute atomic E-state index is 11.7. The zero-order chi connectivity index (χ0) is 14.1. The van der Waals surface area contributed by atoms with Crippen molar-refractivity contribution in [2.75, 3.05) is 0 Å². The molecular formula is C14H27O3P. The first kappa shape index (κ1) is 15.9. The highest BCUT2D eigenvalue weighted by atomic mass is 31.2. The van der Waals surface area contributed by atoms with Crippen molar-refractivity contribution >= 4 is 7.60 Å². The molecule has 0 bridgehead atoms. The van der Waals surface area contributed by atoms with Crippen LogP contribution in [0.5, 0.6) is 0 Å². The van der Waals surface area contributed by atoms with Crippen molar-refractivity contribution in [3.8, 4) is 0 Å². The SMILES string of the molecule is CCC1=C(C)C(P(=O)(O)O)CC(C(C)C)C1CC. The molecule has 4 heteroatoms. The first-order valence-electron chi connectivity index (χ1n) is 6.98. The number of rotatable bonds is 4. The van der Waals surface area contributed by atoms with Gasteiger partial charge < -0.3 is 9.79 Å². The van der Waals surface area contributed by atoms with E-state index in [1.54, 1.807) is 0 Å². The van der Waals surface area contributed by atoms with Crippen molar-refractivity contribution < 1.29 is 14.4 Å². The van der Waals surface area contributed by atoms with Gasteiger partial charge in [0.25, 0.3) is 0 Å². The minimum absolute atomic E-state index is 0.395. The summed E-state index contributed by atoms with van der Waals surface area (Å²) in [5.74, 6) is 1.36. The lowest BCUT2D eigenvalue weighted by atomic mass is 9.68. The van der Waals surface area contributed by atoms with Crippen LogP contribution in [0.3, 0.4) is 0 Å². The molecule has 18 heavy (non-hydrogen) atoms. The van der Waals surface area contributed by atoms with E-state index >= 15 is 0 Å². The third kappa shape index (κ3) is 3.07. The molecule has 3 unspecified atom stereocenters. The normalized spacial score (nSPS) is 30.1. The lowest BCUT2D eigenvalue weighted by Crippen LogP contribution is -2.33. The summed E-state index contributed by atoms with van der Waals surface area (Å²) in [4.78, 5) is 19.1. The summed E-state index contributed by atoms with van der Waals surface area (Å²) >= 11 is 0. The standard InChI is InChI=1S/C14H27O3P/c1-6-11-10(5)14(18(15,16)17)8-13(9(3)4)12(11)7-2/h9,12-14H,6-8H2,1-5H3,(H2,15,16,17). The summed E-state index contributed by atoms with van der Waals surface area (Å²) in [6, 6.07) is 0. The van der Waals surface area contributed by atoms with E-state index in [2.05, 4.69) is 27.7 Å². The van der Waals surface area contributed by atoms with Crippen molar-refractivity contribution in [2.45, 2.75) is 59.5 Å². The van der Waals surface area contributed by atoms with Crippen molar-refractivity contribution in [3.63, 3.8) is 0 Å². The molecule has 0 aromatic heterocycles. The van der Waals surface area contributed by atoms with Crippen LogP contribution in [-0.4, -0.2) is 15.4 Å². The second-order valence-electron chi connectivity index (χ2n) is 5.83. The van der Waals surface area contributed by atoms with Crippen molar-refractivity contribution in [2.24, 2.45) is 17.8 Å². The summed E-state index contributed by atoms with van der Waals surface area (Å²) in [6.07, 6.45) is 2.61. The molecule has 0 radical (unpaired) electrons. The van der Waals surface area contributed by atoms with Gasteiger partial charge in [-0.25, -0.2) is 0 Å². The van der Waals surface area contributed by atoms with Crippen molar-refractivity contribution in [1.29, 1.82) is 0 Å². The molecule has 0 aromatic rings. The van der Waals surface area contributed by atoms with Gasteiger partial charge >= 0.3 is 7.60 Å². The van der Waals surface area contributed by atoms with Crippen LogP contribution in [0.15, 0.2) is 11.1 Å². The minimum Gasteiger partial charge on any atom is -0.324 e. The minimum atomic E-state index is -4.02. The van der Waals surface area contributed by atoms with E-state index < -0.39 is 13.3 Å². The fourth-order valence-corrected chi connectivity index (χ4v) is 4.77. The Hall–Kier alpha value is -0.110. The van der Waals surface area contributed by atoms with E-state index in [9.17, 15) is 14.4 Å². The highest BCUT2D eigenvalue weighted by Crippen LogP contribution is 2.54. The van der Waals surface area contributed by atoms with Crippen LogP contribution in [0.2, 0.25) is 0 Å². The molecule has 1 rings (SSSR count). The van der Waals surface area contributed by atoms with Crippen LogP contribution >= 0.6 is 7.60 Å². The third-order valence-corrected chi connectivity index (χ3v) is 5.96. The number of allylic oxidation sites excluding steroid dienone is 2. The van der Waals surface area contributed by atoms with Crippen LogP contribution < -0.4 is 0 Å². The molecule has 0 aromatic carbocycles.